The number of aliphatic carboxylic acids is 1. The van der Waals surface area contributed by atoms with Gasteiger partial charge < -0.3 is 5.11 Å². The van der Waals surface area contributed by atoms with E-state index < -0.39 is 5.97 Å². The van der Waals surface area contributed by atoms with E-state index in [1.54, 1.807) is 0 Å². The molecule has 2 rings (SSSR count). The fourth-order valence-electron chi connectivity index (χ4n) is 1.81. The molecule has 2 heteroatoms. The van der Waals surface area contributed by atoms with E-state index in [4.69, 9.17) is 5.11 Å². The van der Waals surface area contributed by atoms with Crippen molar-refractivity contribution in [1.29, 1.82) is 0 Å². The molecule has 0 unspecified atom stereocenters. The summed E-state index contributed by atoms with van der Waals surface area (Å²) in [5, 5.41) is 8.93. The minimum atomic E-state index is -0.561. The van der Waals surface area contributed by atoms with E-state index in [0.29, 0.717) is 0 Å². The molecule has 0 aliphatic heterocycles. The van der Waals surface area contributed by atoms with Crippen molar-refractivity contribution >= 4 is 5.97 Å². The summed E-state index contributed by atoms with van der Waals surface area (Å²) in [5.41, 5.74) is 0. The highest BCUT2D eigenvalue weighted by molar-refractivity contribution is 5.70. The predicted octanol–water partition coefficient (Wildman–Crippen LogP) is 2.29. The molecule has 0 heterocycles. The van der Waals surface area contributed by atoms with Crippen LogP contribution in [0, 0.1) is 17.8 Å². The SMILES string of the molecule is O=C(O)C(CC1CC1)CC1CC1. The minimum Gasteiger partial charge on any atom is -0.481 e. The zero-order valence-corrected chi connectivity index (χ0v) is 7.33. The molecule has 0 spiro atoms. The lowest BCUT2D eigenvalue weighted by Gasteiger charge is -2.09. The van der Waals surface area contributed by atoms with Gasteiger partial charge in [0.2, 0.25) is 0 Å². The second kappa shape index (κ2) is 3.08. The molecule has 1 N–H and O–H groups in total. The third-order valence-corrected chi connectivity index (χ3v) is 2.98. The molecule has 0 bridgehead atoms. The molecule has 68 valence electrons. The molecule has 0 amide bonds. The van der Waals surface area contributed by atoms with Crippen LogP contribution in [-0.2, 0) is 4.79 Å². The third-order valence-electron chi connectivity index (χ3n) is 2.98. The van der Waals surface area contributed by atoms with Gasteiger partial charge in [-0.05, 0) is 24.7 Å². The topological polar surface area (TPSA) is 37.3 Å². The number of carboxylic acid groups (broad SMARTS) is 1. The second-order valence-electron chi connectivity index (χ2n) is 4.39. The lowest BCUT2D eigenvalue weighted by molar-refractivity contribution is -0.142. The summed E-state index contributed by atoms with van der Waals surface area (Å²) < 4.78 is 0. The lowest BCUT2D eigenvalue weighted by Crippen LogP contribution is -2.15. The Labute approximate surface area is 73.0 Å². The summed E-state index contributed by atoms with van der Waals surface area (Å²) in [6, 6.07) is 0. The summed E-state index contributed by atoms with van der Waals surface area (Å²) in [7, 11) is 0. The van der Waals surface area contributed by atoms with Gasteiger partial charge in [-0.3, -0.25) is 4.79 Å². The normalized spacial score (nSPS) is 23.1. The summed E-state index contributed by atoms with van der Waals surface area (Å²) in [5.74, 6) is 0.925. The van der Waals surface area contributed by atoms with Gasteiger partial charge in [0.15, 0.2) is 0 Å². The van der Waals surface area contributed by atoms with E-state index in [0.717, 1.165) is 24.7 Å². The predicted molar refractivity (Wildman–Crippen MR) is 45.8 cm³/mol. The quantitative estimate of drug-likeness (QED) is 0.683. The molecule has 2 aliphatic carbocycles. The highest BCUT2D eigenvalue weighted by Crippen LogP contribution is 2.41. The Bertz CT molecular complexity index is 166. The monoisotopic (exact) mass is 168 g/mol. The van der Waals surface area contributed by atoms with Crippen molar-refractivity contribution < 1.29 is 9.90 Å². The van der Waals surface area contributed by atoms with Crippen LogP contribution in [0.4, 0.5) is 0 Å². The van der Waals surface area contributed by atoms with Gasteiger partial charge in [0, 0.05) is 0 Å². The van der Waals surface area contributed by atoms with Gasteiger partial charge in [0.05, 0.1) is 5.92 Å². The summed E-state index contributed by atoms with van der Waals surface area (Å²) in [4.78, 5) is 10.8. The maximum absolute atomic E-state index is 10.8. The van der Waals surface area contributed by atoms with Gasteiger partial charge in [-0.1, -0.05) is 25.7 Å². The third kappa shape index (κ3) is 2.23. The minimum absolute atomic E-state index is 0.0231. The molecule has 2 fully saturated rings. The molecule has 0 atom stereocenters. The van der Waals surface area contributed by atoms with Crippen LogP contribution >= 0.6 is 0 Å². The smallest absolute Gasteiger partial charge is 0.306 e. The van der Waals surface area contributed by atoms with E-state index >= 15 is 0 Å². The molecule has 0 saturated heterocycles. The molecule has 0 aromatic heterocycles. The van der Waals surface area contributed by atoms with Crippen molar-refractivity contribution in [2.45, 2.75) is 38.5 Å². The van der Waals surface area contributed by atoms with E-state index in [2.05, 4.69) is 0 Å². The van der Waals surface area contributed by atoms with Crippen LogP contribution in [0.25, 0.3) is 0 Å². The van der Waals surface area contributed by atoms with Crippen molar-refractivity contribution in [2.75, 3.05) is 0 Å². The standard InChI is InChI=1S/C10H16O2/c11-10(12)9(5-7-1-2-7)6-8-3-4-8/h7-9H,1-6H2,(H,11,12). The summed E-state index contributed by atoms with van der Waals surface area (Å²) in [6.45, 7) is 0. The fraction of sp³-hybridized carbons (Fsp3) is 0.900. The summed E-state index contributed by atoms with van der Waals surface area (Å²) in [6.07, 6.45) is 6.99. The van der Waals surface area contributed by atoms with Crippen molar-refractivity contribution in [3.05, 3.63) is 0 Å². The van der Waals surface area contributed by atoms with Gasteiger partial charge in [0.1, 0.15) is 0 Å². The molecular weight excluding hydrogens is 152 g/mol. The van der Waals surface area contributed by atoms with Crippen LogP contribution in [-0.4, -0.2) is 11.1 Å². The largest absolute Gasteiger partial charge is 0.481 e. The average molecular weight is 168 g/mol. The van der Waals surface area contributed by atoms with Gasteiger partial charge >= 0.3 is 5.97 Å². The molecule has 0 radical (unpaired) electrons. The molecule has 0 aromatic carbocycles. The number of rotatable bonds is 5. The van der Waals surface area contributed by atoms with E-state index in [9.17, 15) is 4.79 Å². The molecule has 0 aromatic rings. The number of hydrogen-bond donors (Lipinski definition) is 1. The maximum Gasteiger partial charge on any atom is 0.306 e. The van der Waals surface area contributed by atoms with Gasteiger partial charge in [0.25, 0.3) is 0 Å². The van der Waals surface area contributed by atoms with Crippen molar-refractivity contribution in [1.82, 2.24) is 0 Å². The summed E-state index contributed by atoms with van der Waals surface area (Å²) >= 11 is 0. The number of carbonyl (C=O) groups is 1. The molecule has 2 aliphatic rings. The molecular formula is C10H16O2. The Kier molecular flexibility index (Phi) is 2.07. The lowest BCUT2D eigenvalue weighted by atomic mass is 9.96. The van der Waals surface area contributed by atoms with Crippen LogP contribution in [0.2, 0.25) is 0 Å². The fourth-order valence-corrected chi connectivity index (χ4v) is 1.81. The average Bonchev–Trinajstić information content (AvgIpc) is 2.78. The van der Waals surface area contributed by atoms with Crippen molar-refractivity contribution in [3.8, 4) is 0 Å². The van der Waals surface area contributed by atoms with Crippen LogP contribution in [0.3, 0.4) is 0 Å². The van der Waals surface area contributed by atoms with Crippen LogP contribution in [0.15, 0.2) is 0 Å². The first-order chi connectivity index (χ1) is 5.75. The van der Waals surface area contributed by atoms with Gasteiger partial charge in [-0.25, -0.2) is 0 Å². The van der Waals surface area contributed by atoms with Crippen LogP contribution in [0.5, 0.6) is 0 Å². The molecule has 2 nitrogen and oxygen atoms in total. The Morgan fingerprint density at radius 1 is 1.17 bits per heavy atom. The Morgan fingerprint density at radius 2 is 1.58 bits per heavy atom. The van der Waals surface area contributed by atoms with Crippen LogP contribution < -0.4 is 0 Å². The maximum atomic E-state index is 10.8. The Morgan fingerprint density at radius 3 is 1.83 bits per heavy atom. The van der Waals surface area contributed by atoms with Gasteiger partial charge in [-0.2, -0.15) is 0 Å². The Hall–Kier alpha value is -0.530. The Balaban J connectivity index is 1.77. The first kappa shape index (κ1) is 8.09. The second-order valence-corrected chi connectivity index (χ2v) is 4.39. The van der Waals surface area contributed by atoms with E-state index in [1.165, 1.54) is 25.7 Å². The highest BCUT2D eigenvalue weighted by atomic mass is 16.4. The zero-order chi connectivity index (χ0) is 8.55. The van der Waals surface area contributed by atoms with E-state index in [1.807, 2.05) is 0 Å². The first-order valence-electron chi connectivity index (χ1n) is 4.98. The number of carboxylic acids is 1. The number of hydrogen-bond acceptors (Lipinski definition) is 1. The molecule has 12 heavy (non-hydrogen) atoms. The van der Waals surface area contributed by atoms with Gasteiger partial charge in [-0.15, -0.1) is 0 Å². The van der Waals surface area contributed by atoms with Crippen molar-refractivity contribution in [2.24, 2.45) is 17.8 Å². The zero-order valence-electron chi connectivity index (χ0n) is 7.33. The molecule has 2 saturated carbocycles. The highest BCUT2D eigenvalue weighted by Gasteiger charge is 2.33. The van der Waals surface area contributed by atoms with Crippen molar-refractivity contribution in [3.63, 3.8) is 0 Å². The first-order valence-corrected chi connectivity index (χ1v) is 4.98. The van der Waals surface area contributed by atoms with E-state index in [-0.39, 0.29) is 5.92 Å². The van der Waals surface area contributed by atoms with Crippen LogP contribution in [0.1, 0.15) is 38.5 Å².